The van der Waals surface area contributed by atoms with Gasteiger partial charge in [-0.2, -0.15) is 0 Å². The van der Waals surface area contributed by atoms with Crippen LogP contribution in [0.4, 0.5) is 11.4 Å². The lowest BCUT2D eigenvalue weighted by Crippen LogP contribution is -2.27. The quantitative estimate of drug-likeness (QED) is 0.183. The van der Waals surface area contributed by atoms with E-state index in [1.807, 2.05) is 26.0 Å². The zero-order chi connectivity index (χ0) is 22.5. The molecule has 0 radical (unpaired) electrons. The van der Waals surface area contributed by atoms with Gasteiger partial charge in [0.05, 0.1) is 33.2 Å². The maximum absolute atomic E-state index is 13.0. The van der Waals surface area contributed by atoms with Gasteiger partial charge >= 0.3 is 0 Å². The molecule has 3 rings (SSSR count). The van der Waals surface area contributed by atoms with E-state index in [1.54, 1.807) is 6.08 Å². The second-order valence-corrected chi connectivity index (χ2v) is 8.93. The molecule has 1 aliphatic rings. The Balaban J connectivity index is 1.90. The van der Waals surface area contributed by atoms with Crippen LogP contribution in [0.2, 0.25) is 0 Å². The number of non-ortho nitro benzene ring substituents is 1. The topological polar surface area (TPSA) is 81.9 Å². The number of nitro benzene ring substituents is 1. The average Bonchev–Trinajstić information content (AvgIpc) is 3.00. The molecule has 0 bridgehead atoms. The first-order valence-electron chi connectivity index (χ1n) is 9.47. The molecule has 0 unspecified atom stereocenters. The fourth-order valence-electron chi connectivity index (χ4n) is 2.84. The van der Waals surface area contributed by atoms with Crippen LogP contribution in [0.3, 0.4) is 0 Å². The third-order valence-corrected chi connectivity index (χ3v) is 6.08. The molecule has 1 aliphatic heterocycles. The molecule has 1 fully saturated rings. The molecule has 0 atom stereocenters. The Bertz CT molecular complexity index is 1060. The summed E-state index contributed by atoms with van der Waals surface area (Å²) in [6.45, 7) is 4.95. The second kappa shape index (κ2) is 10.3. The van der Waals surface area contributed by atoms with Crippen molar-refractivity contribution in [2.75, 3.05) is 18.1 Å². The number of halogens is 1. The van der Waals surface area contributed by atoms with Crippen LogP contribution in [0.15, 0.2) is 45.8 Å². The Kier molecular flexibility index (Phi) is 7.69. The molecule has 1 amide bonds. The number of thioether (sulfide) groups is 1. The van der Waals surface area contributed by atoms with E-state index >= 15 is 0 Å². The van der Waals surface area contributed by atoms with Crippen LogP contribution in [0.25, 0.3) is 6.08 Å². The summed E-state index contributed by atoms with van der Waals surface area (Å²) >= 11 is 10.1. The van der Waals surface area contributed by atoms with Crippen LogP contribution < -0.4 is 14.4 Å². The fourth-order valence-corrected chi connectivity index (χ4v) is 4.72. The summed E-state index contributed by atoms with van der Waals surface area (Å²) < 4.78 is 12.6. The van der Waals surface area contributed by atoms with Crippen LogP contribution in [-0.2, 0) is 4.79 Å². The standard InChI is InChI=1S/C21H19BrN2O5S2/c1-3-9-29-19-16(22)10-13(11-17(19)28-4-2)12-18-20(25)23(21(30)31-18)14-5-7-15(8-6-14)24(26)27/h5-8,10-12H,3-4,9H2,1-2H3/b18-12+. The number of carbonyl (C=O) groups excluding carboxylic acids is 1. The highest BCUT2D eigenvalue weighted by Crippen LogP contribution is 2.40. The monoisotopic (exact) mass is 522 g/mol. The minimum atomic E-state index is -0.490. The Morgan fingerprint density at radius 1 is 1.23 bits per heavy atom. The van der Waals surface area contributed by atoms with E-state index in [-0.39, 0.29) is 11.6 Å². The van der Waals surface area contributed by atoms with Crippen LogP contribution in [-0.4, -0.2) is 28.4 Å². The molecule has 0 aromatic heterocycles. The number of nitro groups is 1. The van der Waals surface area contributed by atoms with Gasteiger partial charge in [-0.3, -0.25) is 19.8 Å². The normalized spacial score (nSPS) is 14.9. The molecule has 10 heteroatoms. The maximum Gasteiger partial charge on any atom is 0.270 e. The summed E-state index contributed by atoms with van der Waals surface area (Å²) in [5.41, 5.74) is 1.18. The minimum Gasteiger partial charge on any atom is -0.490 e. The smallest absolute Gasteiger partial charge is 0.270 e. The first-order chi connectivity index (χ1) is 14.8. The van der Waals surface area contributed by atoms with Gasteiger partial charge in [0.1, 0.15) is 0 Å². The van der Waals surface area contributed by atoms with Crippen molar-refractivity contribution < 1.29 is 19.2 Å². The Morgan fingerprint density at radius 3 is 2.55 bits per heavy atom. The number of amides is 1. The molecule has 2 aromatic rings. The lowest BCUT2D eigenvalue weighted by molar-refractivity contribution is -0.384. The van der Waals surface area contributed by atoms with Gasteiger partial charge in [0.2, 0.25) is 0 Å². The lowest BCUT2D eigenvalue weighted by Gasteiger charge is -2.15. The van der Waals surface area contributed by atoms with E-state index in [4.69, 9.17) is 21.7 Å². The number of carbonyl (C=O) groups is 1. The summed E-state index contributed by atoms with van der Waals surface area (Å²) in [6, 6.07) is 9.38. The summed E-state index contributed by atoms with van der Waals surface area (Å²) in [6.07, 6.45) is 2.60. The van der Waals surface area contributed by atoms with Crippen molar-refractivity contribution >= 4 is 67.6 Å². The molecule has 31 heavy (non-hydrogen) atoms. The van der Waals surface area contributed by atoms with Gasteiger partial charge in [0.15, 0.2) is 15.8 Å². The third-order valence-electron chi connectivity index (χ3n) is 4.19. The number of thiocarbonyl (C=S) groups is 1. The Hall–Kier alpha value is -2.43. The van der Waals surface area contributed by atoms with E-state index < -0.39 is 4.92 Å². The van der Waals surface area contributed by atoms with Crippen molar-refractivity contribution in [2.24, 2.45) is 0 Å². The molecule has 0 spiro atoms. The van der Waals surface area contributed by atoms with Crippen molar-refractivity contribution in [3.05, 3.63) is 61.5 Å². The van der Waals surface area contributed by atoms with Crippen molar-refractivity contribution in [3.8, 4) is 11.5 Å². The summed E-state index contributed by atoms with van der Waals surface area (Å²) in [7, 11) is 0. The van der Waals surface area contributed by atoms with Crippen LogP contribution in [0.5, 0.6) is 11.5 Å². The highest BCUT2D eigenvalue weighted by atomic mass is 79.9. The van der Waals surface area contributed by atoms with Crippen LogP contribution >= 0.6 is 39.9 Å². The molecular weight excluding hydrogens is 504 g/mol. The Labute approximate surface area is 197 Å². The number of hydrogen-bond acceptors (Lipinski definition) is 7. The largest absolute Gasteiger partial charge is 0.490 e. The highest BCUT2D eigenvalue weighted by Gasteiger charge is 2.33. The molecule has 0 aliphatic carbocycles. The van der Waals surface area contributed by atoms with Gasteiger partial charge in [-0.15, -0.1) is 0 Å². The molecule has 1 saturated heterocycles. The molecule has 2 aromatic carbocycles. The highest BCUT2D eigenvalue weighted by molar-refractivity contribution is 9.10. The molecule has 7 nitrogen and oxygen atoms in total. The first kappa shape index (κ1) is 23.2. The molecule has 0 saturated carbocycles. The SMILES string of the molecule is CCCOc1c(Br)cc(/C=C2/SC(=S)N(c3ccc([N+](=O)[O-])cc3)C2=O)cc1OCC. The van der Waals surface area contributed by atoms with E-state index in [2.05, 4.69) is 15.9 Å². The van der Waals surface area contributed by atoms with E-state index in [0.29, 0.717) is 39.6 Å². The van der Waals surface area contributed by atoms with Gasteiger partial charge in [-0.1, -0.05) is 30.9 Å². The molecule has 162 valence electrons. The fraction of sp³-hybridized carbons (Fsp3) is 0.238. The van der Waals surface area contributed by atoms with Crippen molar-refractivity contribution in [2.45, 2.75) is 20.3 Å². The zero-order valence-corrected chi connectivity index (χ0v) is 20.0. The third kappa shape index (κ3) is 5.25. The number of benzene rings is 2. The van der Waals surface area contributed by atoms with Crippen molar-refractivity contribution in [3.63, 3.8) is 0 Å². The summed E-state index contributed by atoms with van der Waals surface area (Å²) in [5, 5.41) is 10.9. The maximum atomic E-state index is 13.0. The van der Waals surface area contributed by atoms with E-state index in [1.165, 1.54) is 40.9 Å². The van der Waals surface area contributed by atoms with Gasteiger partial charge in [-0.05, 0) is 65.2 Å². The summed E-state index contributed by atoms with van der Waals surface area (Å²) in [4.78, 5) is 25.2. The predicted octanol–water partition coefficient (Wildman–Crippen LogP) is 5.95. The minimum absolute atomic E-state index is 0.0524. The number of hydrogen-bond donors (Lipinski definition) is 0. The predicted molar refractivity (Wildman–Crippen MR) is 130 cm³/mol. The molecular formula is C21H19BrN2O5S2. The van der Waals surface area contributed by atoms with Gasteiger partial charge in [0, 0.05) is 12.1 Å². The number of rotatable bonds is 8. The molecule has 0 N–H and O–H groups in total. The van der Waals surface area contributed by atoms with Crippen molar-refractivity contribution in [1.82, 2.24) is 0 Å². The van der Waals surface area contributed by atoms with E-state index in [0.717, 1.165) is 16.5 Å². The van der Waals surface area contributed by atoms with E-state index in [9.17, 15) is 14.9 Å². The first-order valence-corrected chi connectivity index (χ1v) is 11.5. The zero-order valence-electron chi connectivity index (χ0n) is 16.8. The Morgan fingerprint density at radius 2 is 1.94 bits per heavy atom. The van der Waals surface area contributed by atoms with Crippen LogP contribution in [0, 0.1) is 10.1 Å². The second-order valence-electron chi connectivity index (χ2n) is 6.40. The summed E-state index contributed by atoms with van der Waals surface area (Å²) in [5.74, 6) is 0.922. The lowest BCUT2D eigenvalue weighted by atomic mass is 10.1. The van der Waals surface area contributed by atoms with Crippen LogP contribution in [0.1, 0.15) is 25.8 Å². The number of anilines is 1. The van der Waals surface area contributed by atoms with Gasteiger partial charge in [-0.25, -0.2) is 0 Å². The molecule has 1 heterocycles. The number of ether oxygens (including phenoxy) is 2. The number of nitrogens with zero attached hydrogens (tertiary/aromatic N) is 2. The van der Waals surface area contributed by atoms with Crippen molar-refractivity contribution in [1.29, 1.82) is 0 Å². The average molecular weight is 523 g/mol. The van der Waals surface area contributed by atoms with Gasteiger partial charge < -0.3 is 9.47 Å². The van der Waals surface area contributed by atoms with Gasteiger partial charge in [0.25, 0.3) is 11.6 Å².